The third kappa shape index (κ3) is 6.40. The molecule has 1 aromatic carbocycles. The number of nitrogens with zero attached hydrogens (tertiary/aromatic N) is 1. The second-order valence-corrected chi connectivity index (χ2v) is 5.29. The molecule has 0 fully saturated rings. The van der Waals surface area contributed by atoms with Crippen LogP contribution in [0, 0.1) is 0 Å². The maximum Gasteiger partial charge on any atom is 0.0518 e. The maximum atomic E-state index is 5.52. The Morgan fingerprint density at radius 2 is 1.75 bits per heavy atom. The van der Waals surface area contributed by atoms with Crippen LogP contribution in [0.4, 0.5) is 5.69 Å². The molecule has 0 spiro atoms. The second-order valence-electron chi connectivity index (χ2n) is 5.29. The molecule has 0 amide bonds. The molecule has 0 saturated heterocycles. The van der Waals surface area contributed by atoms with Crippen molar-refractivity contribution in [3.05, 3.63) is 29.8 Å². The van der Waals surface area contributed by atoms with Gasteiger partial charge >= 0.3 is 0 Å². The predicted molar refractivity (Wildman–Crippen MR) is 87.4 cm³/mol. The molecule has 0 unspecified atom stereocenters. The topological polar surface area (TPSA) is 24.5 Å². The van der Waals surface area contributed by atoms with Gasteiger partial charge in [-0.3, -0.25) is 0 Å². The van der Waals surface area contributed by atoms with Gasteiger partial charge in [-0.25, -0.2) is 0 Å². The maximum absolute atomic E-state index is 5.52. The Kier molecular flexibility index (Phi) is 8.31. The number of anilines is 1. The molecule has 0 aliphatic heterocycles. The standard InChI is InChI=1S/C17H30N2O/c1-5-19(6-2)17-10-8-16(9-11-17)14-18-12-7-13-20-15(3)4/h8-11,15,18H,5-7,12-14H2,1-4H3. The van der Waals surface area contributed by atoms with Gasteiger partial charge < -0.3 is 15.0 Å². The first kappa shape index (κ1) is 17.0. The van der Waals surface area contributed by atoms with Crippen LogP contribution in [0.5, 0.6) is 0 Å². The lowest BCUT2D eigenvalue weighted by Gasteiger charge is -2.21. The molecule has 0 saturated carbocycles. The summed E-state index contributed by atoms with van der Waals surface area (Å²) in [5.41, 5.74) is 2.65. The Morgan fingerprint density at radius 3 is 2.30 bits per heavy atom. The lowest BCUT2D eigenvalue weighted by Crippen LogP contribution is -2.21. The fraction of sp³-hybridized carbons (Fsp3) is 0.647. The zero-order valence-electron chi connectivity index (χ0n) is 13.5. The Hall–Kier alpha value is -1.06. The van der Waals surface area contributed by atoms with Gasteiger partial charge in [0.05, 0.1) is 6.10 Å². The summed E-state index contributed by atoms with van der Waals surface area (Å²) in [4.78, 5) is 2.36. The van der Waals surface area contributed by atoms with Crippen LogP contribution in [0.25, 0.3) is 0 Å². The summed E-state index contributed by atoms with van der Waals surface area (Å²) in [7, 11) is 0. The number of benzene rings is 1. The molecule has 1 N–H and O–H groups in total. The lowest BCUT2D eigenvalue weighted by atomic mass is 10.2. The van der Waals surface area contributed by atoms with E-state index in [9.17, 15) is 0 Å². The Morgan fingerprint density at radius 1 is 1.10 bits per heavy atom. The Balaban J connectivity index is 2.24. The quantitative estimate of drug-likeness (QED) is 0.664. The number of ether oxygens (including phenoxy) is 1. The first-order valence-electron chi connectivity index (χ1n) is 7.83. The normalized spacial score (nSPS) is 11.1. The van der Waals surface area contributed by atoms with Gasteiger partial charge in [-0.2, -0.15) is 0 Å². The van der Waals surface area contributed by atoms with Gasteiger partial charge in [-0.05, 0) is 58.4 Å². The summed E-state index contributed by atoms with van der Waals surface area (Å²) in [6, 6.07) is 8.86. The predicted octanol–water partition coefficient (Wildman–Crippen LogP) is 3.44. The van der Waals surface area contributed by atoms with Crippen LogP contribution in [-0.2, 0) is 11.3 Å². The summed E-state index contributed by atoms with van der Waals surface area (Å²) in [5.74, 6) is 0. The molecule has 0 aliphatic carbocycles. The zero-order chi connectivity index (χ0) is 14.8. The third-order valence-corrected chi connectivity index (χ3v) is 3.34. The van der Waals surface area contributed by atoms with Crippen molar-refractivity contribution in [1.82, 2.24) is 5.32 Å². The molecule has 0 aliphatic rings. The molecule has 3 heteroatoms. The van der Waals surface area contributed by atoms with Crippen LogP contribution in [-0.4, -0.2) is 32.3 Å². The number of nitrogens with one attached hydrogen (secondary N) is 1. The van der Waals surface area contributed by atoms with E-state index in [1.165, 1.54) is 11.3 Å². The van der Waals surface area contributed by atoms with Crippen molar-refractivity contribution in [3.8, 4) is 0 Å². The van der Waals surface area contributed by atoms with Gasteiger partial charge in [-0.1, -0.05) is 12.1 Å². The van der Waals surface area contributed by atoms with Gasteiger partial charge in [0.25, 0.3) is 0 Å². The highest BCUT2D eigenvalue weighted by molar-refractivity contribution is 5.47. The second kappa shape index (κ2) is 9.78. The highest BCUT2D eigenvalue weighted by Gasteiger charge is 2.01. The summed E-state index contributed by atoms with van der Waals surface area (Å²) >= 11 is 0. The monoisotopic (exact) mass is 278 g/mol. The Bertz CT molecular complexity index is 345. The van der Waals surface area contributed by atoms with Crippen LogP contribution in [0.2, 0.25) is 0 Å². The molecule has 1 aromatic rings. The smallest absolute Gasteiger partial charge is 0.0518 e. The fourth-order valence-corrected chi connectivity index (χ4v) is 2.16. The van der Waals surface area contributed by atoms with E-state index in [1.54, 1.807) is 0 Å². The van der Waals surface area contributed by atoms with Crippen LogP contribution >= 0.6 is 0 Å². The number of hydrogen-bond donors (Lipinski definition) is 1. The van der Waals surface area contributed by atoms with E-state index < -0.39 is 0 Å². The molecule has 0 bridgehead atoms. The Labute approximate surface area is 124 Å². The molecule has 114 valence electrons. The molecule has 0 heterocycles. The van der Waals surface area contributed by atoms with E-state index >= 15 is 0 Å². The highest BCUT2D eigenvalue weighted by atomic mass is 16.5. The minimum atomic E-state index is 0.336. The zero-order valence-corrected chi connectivity index (χ0v) is 13.5. The van der Waals surface area contributed by atoms with Crippen molar-refractivity contribution < 1.29 is 4.74 Å². The van der Waals surface area contributed by atoms with Crippen LogP contribution < -0.4 is 10.2 Å². The average Bonchev–Trinajstić information content (AvgIpc) is 2.45. The molecular formula is C17H30N2O. The average molecular weight is 278 g/mol. The molecule has 1 rings (SSSR count). The van der Waals surface area contributed by atoms with E-state index in [0.717, 1.165) is 39.2 Å². The summed E-state index contributed by atoms with van der Waals surface area (Å²) in [6.07, 6.45) is 1.40. The van der Waals surface area contributed by atoms with E-state index in [2.05, 4.69) is 62.2 Å². The van der Waals surface area contributed by atoms with Crippen molar-refractivity contribution in [2.24, 2.45) is 0 Å². The lowest BCUT2D eigenvalue weighted by molar-refractivity contribution is 0.0770. The molecule has 20 heavy (non-hydrogen) atoms. The molecule has 0 atom stereocenters. The van der Waals surface area contributed by atoms with Gasteiger partial charge in [0, 0.05) is 31.9 Å². The van der Waals surface area contributed by atoms with Crippen molar-refractivity contribution in [1.29, 1.82) is 0 Å². The van der Waals surface area contributed by atoms with Crippen molar-refractivity contribution in [2.45, 2.75) is 46.8 Å². The summed E-state index contributed by atoms with van der Waals surface area (Å²) < 4.78 is 5.52. The van der Waals surface area contributed by atoms with Crippen molar-refractivity contribution >= 4 is 5.69 Å². The van der Waals surface area contributed by atoms with Gasteiger partial charge in [0.1, 0.15) is 0 Å². The van der Waals surface area contributed by atoms with E-state index in [0.29, 0.717) is 6.10 Å². The largest absolute Gasteiger partial charge is 0.379 e. The van der Waals surface area contributed by atoms with Gasteiger partial charge in [-0.15, -0.1) is 0 Å². The first-order valence-corrected chi connectivity index (χ1v) is 7.83. The van der Waals surface area contributed by atoms with Crippen molar-refractivity contribution in [3.63, 3.8) is 0 Å². The SMILES string of the molecule is CCN(CC)c1ccc(CNCCCOC(C)C)cc1. The minimum absolute atomic E-state index is 0.336. The number of hydrogen-bond acceptors (Lipinski definition) is 3. The number of rotatable bonds is 10. The van der Waals surface area contributed by atoms with Crippen LogP contribution in [0.1, 0.15) is 39.7 Å². The molecule has 0 aromatic heterocycles. The van der Waals surface area contributed by atoms with Crippen molar-refractivity contribution in [2.75, 3.05) is 31.1 Å². The van der Waals surface area contributed by atoms with E-state index in [1.807, 2.05) is 0 Å². The fourth-order valence-electron chi connectivity index (χ4n) is 2.16. The molecule has 3 nitrogen and oxygen atoms in total. The van der Waals surface area contributed by atoms with E-state index in [4.69, 9.17) is 4.74 Å². The van der Waals surface area contributed by atoms with Gasteiger partial charge in [0.2, 0.25) is 0 Å². The highest BCUT2D eigenvalue weighted by Crippen LogP contribution is 2.14. The van der Waals surface area contributed by atoms with Gasteiger partial charge in [0.15, 0.2) is 0 Å². The van der Waals surface area contributed by atoms with Crippen LogP contribution in [0.3, 0.4) is 0 Å². The summed E-state index contributed by atoms with van der Waals surface area (Å²) in [6.45, 7) is 13.4. The third-order valence-electron chi connectivity index (χ3n) is 3.34. The molecular weight excluding hydrogens is 248 g/mol. The first-order chi connectivity index (χ1) is 9.67. The van der Waals surface area contributed by atoms with E-state index in [-0.39, 0.29) is 0 Å². The molecule has 0 radical (unpaired) electrons. The van der Waals surface area contributed by atoms with Crippen LogP contribution in [0.15, 0.2) is 24.3 Å². The minimum Gasteiger partial charge on any atom is -0.379 e. The summed E-state index contributed by atoms with van der Waals surface area (Å²) in [5, 5.41) is 3.46.